The molecule has 0 saturated carbocycles. The van der Waals surface area contributed by atoms with E-state index in [1.807, 2.05) is 6.07 Å². The summed E-state index contributed by atoms with van der Waals surface area (Å²) in [7, 11) is 0. The van der Waals surface area contributed by atoms with Crippen LogP contribution in [-0.4, -0.2) is 11.5 Å². The number of anilines is 2. The Morgan fingerprint density at radius 1 is 1.25 bits per heavy atom. The van der Waals surface area contributed by atoms with Gasteiger partial charge in [-0.25, -0.2) is 4.98 Å². The van der Waals surface area contributed by atoms with Gasteiger partial charge in [0.05, 0.1) is 0 Å². The summed E-state index contributed by atoms with van der Waals surface area (Å²) in [6.45, 7) is 10.0. The second-order valence-electron chi connectivity index (χ2n) is 5.01. The number of aromatic nitrogens is 1. The standard InChI is InChI=1S/C13H23N3/c1-9(2)12(10(3)4)8-16-13-7-11(14)5-6-15-13/h5-7,9-10,12H,8H2,1-4H3,(H3,14,15,16). The Balaban J connectivity index is 2.55. The van der Waals surface area contributed by atoms with Crippen molar-refractivity contribution in [2.24, 2.45) is 17.8 Å². The molecule has 1 rings (SSSR count). The van der Waals surface area contributed by atoms with E-state index in [0.717, 1.165) is 18.1 Å². The lowest BCUT2D eigenvalue weighted by atomic mass is 9.85. The number of nitrogen functional groups attached to an aromatic ring is 1. The van der Waals surface area contributed by atoms with Crippen molar-refractivity contribution in [3.05, 3.63) is 18.3 Å². The number of pyridine rings is 1. The van der Waals surface area contributed by atoms with E-state index in [9.17, 15) is 0 Å². The Kier molecular flexibility index (Phi) is 4.59. The minimum atomic E-state index is 0.656. The molecule has 0 bridgehead atoms. The van der Waals surface area contributed by atoms with Crippen molar-refractivity contribution in [3.8, 4) is 0 Å². The Morgan fingerprint density at radius 3 is 2.38 bits per heavy atom. The van der Waals surface area contributed by atoms with Gasteiger partial charge < -0.3 is 11.1 Å². The summed E-state index contributed by atoms with van der Waals surface area (Å²) in [6, 6.07) is 3.67. The van der Waals surface area contributed by atoms with E-state index >= 15 is 0 Å². The molecule has 90 valence electrons. The second-order valence-corrected chi connectivity index (χ2v) is 5.01. The van der Waals surface area contributed by atoms with E-state index in [2.05, 4.69) is 38.0 Å². The van der Waals surface area contributed by atoms with Crippen LogP contribution in [0.25, 0.3) is 0 Å². The van der Waals surface area contributed by atoms with Gasteiger partial charge >= 0.3 is 0 Å². The Labute approximate surface area is 98.5 Å². The molecule has 3 heteroatoms. The first-order valence-corrected chi connectivity index (χ1v) is 5.96. The van der Waals surface area contributed by atoms with Crippen LogP contribution in [0.3, 0.4) is 0 Å². The number of rotatable bonds is 5. The Hall–Kier alpha value is -1.25. The number of nitrogens with two attached hydrogens (primary N) is 1. The highest BCUT2D eigenvalue weighted by molar-refractivity contribution is 5.48. The average molecular weight is 221 g/mol. The fourth-order valence-corrected chi connectivity index (χ4v) is 2.01. The molecular weight excluding hydrogens is 198 g/mol. The van der Waals surface area contributed by atoms with Gasteiger partial charge in [0.1, 0.15) is 5.82 Å². The number of hydrogen-bond donors (Lipinski definition) is 2. The monoisotopic (exact) mass is 221 g/mol. The second kappa shape index (κ2) is 5.73. The van der Waals surface area contributed by atoms with E-state index in [1.165, 1.54) is 0 Å². The summed E-state index contributed by atoms with van der Waals surface area (Å²) < 4.78 is 0. The zero-order valence-corrected chi connectivity index (χ0v) is 10.7. The summed E-state index contributed by atoms with van der Waals surface area (Å²) in [4.78, 5) is 4.24. The first-order valence-electron chi connectivity index (χ1n) is 5.96. The molecule has 0 aliphatic heterocycles. The van der Waals surface area contributed by atoms with Crippen molar-refractivity contribution in [1.29, 1.82) is 0 Å². The zero-order valence-electron chi connectivity index (χ0n) is 10.7. The maximum Gasteiger partial charge on any atom is 0.127 e. The van der Waals surface area contributed by atoms with E-state index in [4.69, 9.17) is 5.73 Å². The van der Waals surface area contributed by atoms with Crippen molar-refractivity contribution in [3.63, 3.8) is 0 Å². The minimum absolute atomic E-state index is 0.656. The fraction of sp³-hybridized carbons (Fsp3) is 0.615. The van der Waals surface area contributed by atoms with Gasteiger partial charge in [0.2, 0.25) is 0 Å². The van der Waals surface area contributed by atoms with Crippen LogP contribution in [0.1, 0.15) is 27.7 Å². The molecule has 3 nitrogen and oxygen atoms in total. The van der Waals surface area contributed by atoms with Gasteiger partial charge in [-0.1, -0.05) is 27.7 Å². The van der Waals surface area contributed by atoms with Crippen LogP contribution in [0, 0.1) is 17.8 Å². The lowest BCUT2D eigenvalue weighted by Gasteiger charge is -2.25. The molecule has 0 aliphatic rings. The summed E-state index contributed by atoms with van der Waals surface area (Å²) >= 11 is 0. The molecule has 16 heavy (non-hydrogen) atoms. The van der Waals surface area contributed by atoms with Gasteiger partial charge in [-0.15, -0.1) is 0 Å². The molecule has 0 amide bonds. The van der Waals surface area contributed by atoms with Crippen molar-refractivity contribution < 1.29 is 0 Å². The molecule has 0 fully saturated rings. The van der Waals surface area contributed by atoms with Crippen LogP contribution in [0.4, 0.5) is 11.5 Å². The molecule has 3 N–H and O–H groups in total. The normalized spacial score (nSPS) is 11.4. The summed E-state index contributed by atoms with van der Waals surface area (Å²) in [5.41, 5.74) is 6.46. The minimum Gasteiger partial charge on any atom is -0.399 e. The first kappa shape index (κ1) is 12.8. The van der Waals surface area contributed by atoms with Crippen molar-refractivity contribution in [2.75, 3.05) is 17.6 Å². The van der Waals surface area contributed by atoms with E-state index < -0.39 is 0 Å². The van der Waals surface area contributed by atoms with Crippen molar-refractivity contribution in [1.82, 2.24) is 4.98 Å². The van der Waals surface area contributed by atoms with Gasteiger partial charge in [0.15, 0.2) is 0 Å². The van der Waals surface area contributed by atoms with Crippen LogP contribution in [0.15, 0.2) is 18.3 Å². The van der Waals surface area contributed by atoms with E-state index in [0.29, 0.717) is 17.8 Å². The number of hydrogen-bond acceptors (Lipinski definition) is 3. The molecule has 0 aliphatic carbocycles. The number of nitrogens with one attached hydrogen (secondary N) is 1. The average Bonchev–Trinajstić information content (AvgIpc) is 2.16. The van der Waals surface area contributed by atoms with Gasteiger partial charge in [-0.05, 0) is 23.8 Å². The predicted octanol–water partition coefficient (Wildman–Crippen LogP) is 3.00. The van der Waals surface area contributed by atoms with E-state index in [-0.39, 0.29) is 0 Å². The third-order valence-electron chi connectivity index (χ3n) is 3.02. The number of nitrogens with zero attached hydrogens (tertiary/aromatic N) is 1. The molecule has 0 atom stereocenters. The van der Waals surface area contributed by atoms with Crippen LogP contribution in [-0.2, 0) is 0 Å². The summed E-state index contributed by atoms with van der Waals surface area (Å²) in [5, 5.41) is 3.36. The SMILES string of the molecule is CC(C)C(CNc1cc(N)ccn1)C(C)C. The van der Waals surface area contributed by atoms with E-state index in [1.54, 1.807) is 12.3 Å². The lowest BCUT2D eigenvalue weighted by molar-refractivity contribution is 0.304. The third kappa shape index (κ3) is 3.72. The molecule has 0 spiro atoms. The lowest BCUT2D eigenvalue weighted by Crippen LogP contribution is -2.24. The Morgan fingerprint density at radius 2 is 1.88 bits per heavy atom. The van der Waals surface area contributed by atoms with Crippen LogP contribution in [0.2, 0.25) is 0 Å². The Bertz CT molecular complexity index is 313. The van der Waals surface area contributed by atoms with Gasteiger partial charge in [-0.2, -0.15) is 0 Å². The van der Waals surface area contributed by atoms with Crippen molar-refractivity contribution >= 4 is 11.5 Å². The summed E-state index contributed by atoms with van der Waals surface area (Å²) in [5.74, 6) is 2.87. The van der Waals surface area contributed by atoms with Crippen molar-refractivity contribution in [2.45, 2.75) is 27.7 Å². The molecule has 0 unspecified atom stereocenters. The molecule has 1 heterocycles. The molecule has 0 aromatic carbocycles. The predicted molar refractivity (Wildman–Crippen MR) is 70.3 cm³/mol. The smallest absolute Gasteiger partial charge is 0.127 e. The third-order valence-corrected chi connectivity index (χ3v) is 3.02. The summed E-state index contributed by atoms with van der Waals surface area (Å²) in [6.07, 6.45) is 1.73. The van der Waals surface area contributed by atoms with Gasteiger partial charge in [0, 0.05) is 24.5 Å². The van der Waals surface area contributed by atoms with Gasteiger partial charge in [0.25, 0.3) is 0 Å². The highest BCUT2D eigenvalue weighted by Gasteiger charge is 2.17. The maximum absolute atomic E-state index is 5.70. The van der Waals surface area contributed by atoms with Crippen LogP contribution >= 0.6 is 0 Å². The molecule has 1 aromatic rings. The quantitative estimate of drug-likeness (QED) is 0.803. The molecular formula is C13H23N3. The largest absolute Gasteiger partial charge is 0.399 e. The maximum atomic E-state index is 5.70. The molecule has 0 saturated heterocycles. The van der Waals surface area contributed by atoms with Crippen LogP contribution < -0.4 is 11.1 Å². The zero-order chi connectivity index (χ0) is 12.1. The topological polar surface area (TPSA) is 50.9 Å². The van der Waals surface area contributed by atoms with Gasteiger partial charge in [-0.3, -0.25) is 0 Å². The van der Waals surface area contributed by atoms with Crippen LogP contribution in [0.5, 0.6) is 0 Å². The molecule has 1 aromatic heterocycles. The first-order chi connectivity index (χ1) is 7.50. The molecule has 0 radical (unpaired) electrons. The highest BCUT2D eigenvalue weighted by atomic mass is 15.0. The fourth-order valence-electron chi connectivity index (χ4n) is 2.01. The highest BCUT2D eigenvalue weighted by Crippen LogP contribution is 2.21.